The molecule has 126 valence electrons. The second-order valence-corrected chi connectivity index (χ2v) is 4.84. The van der Waals surface area contributed by atoms with Crippen LogP contribution in [0.2, 0.25) is 0 Å². The molecule has 0 bridgehead atoms. The molecular formula is C13H13F3N2O5. The van der Waals surface area contributed by atoms with Gasteiger partial charge < -0.3 is 14.8 Å². The van der Waals surface area contributed by atoms with Gasteiger partial charge in [-0.1, -0.05) is 0 Å². The minimum absolute atomic E-state index is 0.264. The van der Waals surface area contributed by atoms with E-state index in [9.17, 15) is 28.1 Å². The zero-order valence-electron chi connectivity index (χ0n) is 11.9. The highest BCUT2D eigenvalue weighted by atomic mass is 19.4. The summed E-state index contributed by atoms with van der Waals surface area (Å²) in [6.07, 6.45) is -5.39. The maximum absolute atomic E-state index is 13.0. The third-order valence-electron chi connectivity index (χ3n) is 3.38. The number of nitro benzene ring substituents is 1. The molecule has 1 aliphatic heterocycles. The van der Waals surface area contributed by atoms with Crippen molar-refractivity contribution in [2.24, 2.45) is 0 Å². The molecule has 0 unspecified atom stereocenters. The highest BCUT2D eigenvalue weighted by Gasteiger charge is 2.39. The molecule has 2 rings (SSSR count). The lowest BCUT2D eigenvalue weighted by atomic mass is 10.1. The summed E-state index contributed by atoms with van der Waals surface area (Å²) < 4.78 is 48.9. The Morgan fingerprint density at radius 1 is 1.43 bits per heavy atom. The highest BCUT2D eigenvalue weighted by Crippen LogP contribution is 2.39. The average Bonchev–Trinajstić information content (AvgIpc) is 2.93. The minimum Gasteiger partial charge on any atom is -0.487 e. The van der Waals surface area contributed by atoms with Gasteiger partial charge in [0.05, 0.1) is 23.7 Å². The molecule has 0 radical (unpaired) electrons. The summed E-state index contributed by atoms with van der Waals surface area (Å²) in [5.74, 6) is -1.36. The molecule has 23 heavy (non-hydrogen) atoms. The molecule has 0 aliphatic carbocycles. The second-order valence-electron chi connectivity index (χ2n) is 4.84. The normalized spacial score (nSPS) is 21.0. The van der Waals surface area contributed by atoms with Gasteiger partial charge in [0, 0.05) is 6.07 Å². The van der Waals surface area contributed by atoms with Gasteiger partial charge in [0.15, 0.2) is 0 Å². The smallest absolute Gasteiger partial charge is 0.419 e. The van der Waals surface area contributed by atoms with Crippen LogP contribution in [0, 0.1) is 10.1 Å². The largest absolute Gasteiger partial charge is 0.487 e. The fourth-order valence-electron chi connectivity index (χ4n) is 2.29. The van der Waals surface area contributed by atoms with Gasteiger partial charge in [0.1, 0.15) is 17.9 Å². The van der Waals surface area contributed by atoms with E-state index in [2.05, 4.69) is 10.1 Å². The van der Waals surface area contributed by atoms with Crippen LogP contribution in [0.5, 0.6) is 5.75 Å². The predicted molar refractivity (Wildman–Crippen MR) is 70.9 cm³/mol. The zero-order chi connectivity index (χ0) is 17.2. The van der Waals surface area contributed by atoms with E-state index in [4.69, 9.17) is 4.74 Å². The number of hydrogen-bond acceptors (Lipinski definition) is 6. The molecular weight excluding hydrogens is 321 g/mol. The molecule has 0 amide bonds. The molecule has 0 saturated carbocycles. The number of nitrogens with one attached hydrogen (secondary N) is 1. The van der Waals surface area contributed by atoms with Crippen LogP contribution in [0.4, 0.5) is 18.9 Å². The van der Waals surface area contributed by atoms with Crippen LogP contribution in [-0.4, -0.2) is 36.7 Å². The second kappa shape index (κ2) is 6.41. The Hall–Kier alpha value is -2.36. The Labute approximate surface area is 128 Å². The van der Waals surface area contributed by atoms with Gasteiger partial charge in [-0.15, -0.1) is 0 Å². The van der Waals surface area contributed by atoms with E-state index in [1.54, 1.807) is 0 Å². The molecule has 2 atom stereocenters. The fraction of sp³-hybridized carbons (Fsp3) is 0.462. The molecule has 1 fully saturated rings. The molecule has 1 heterocycles. The number of halogens is 3. The summed E-state index contributed by atoms with van der Waals surface area (Å²) >= 11 is 0. The van der Waals surface area contributed by atoms with E-state index in [-0.39, 0.29) is 6.42 Å². The van der Waals surface area contributed by atoms with Crippen molar-refractivity contribution in [3.8, 4) is 5.75 Å². The summed E-state index contributed by atoms with van der Waals surface area (Å²) in [6.45, 7) is 0.348. The van der Waals surface area contributed by atoms with E-state index in [0.717, 1.165) is 13.2 Å². The van der Waals surface area contributed by atoms with Crippen LogP contribution in [0.1, 0.15) is 12.0 Å². The number of hydrogen-bond donors (Lipinski definition) is 1. The maximum atomic E-state index is 13.0. The molecule has 1 saturated heterocycles. The summed E-state index contributed by atoms with van der Waals surface area (Å²) in [6, 6.07) is 1.11. The van der Waals surface area contributed by atoms with Crippen molar-refractivity contribution >= 4 is 11.7 Å². The first-order chi connectivity index (χ1) is 10.7. The first-order valence-electron chi connectivity index (χ1n) is 6.57. The van der Waals surface area contributed by atoms with Gasteiger partial charge in [-0.25, -0.2) is 0 Å². The van der Waals surface area contributed by atoms with Crippen LogP contribution >= 0.6 is 0 Å². The number of carbonyl (C=O) groups excluding carboxylic acids is 1. The van der Waals surface area contributed by atoms with Gasteiger partial charge in [0.25, 0.3) is 5.69 Å². The zero-order valence-corrected chi connectivity index (χ0v) is 11.9. The van der Waals surface area contributed by atoms with Gasteiger partial charge >= 0.3 is 12.1 Å². The summed E-state index contributed by atoms with van der Waals surface area (Å²) in [7, 11) is 1.15. The third kappa shape index (κ3) is 3.70. The lowest BCUT2D eigenvalue weighted by molar-refractivity contribution is -0.385. The number of non-ortho nitro benzene ring substituents is 1. The highest BCUT2D eigenvalue weighted by molar-refractivity contribution is 5.77. The van der Waals surface area contributed by atoms with Crippen molar-refractivity contribution in [2.75, 3.05) is 13.7 Å². The fourth-order valence-corrected chi connectivity index (χ4v) is 2.29. The average molecular weight is 334 g/mol. The molecule has 10 heteroatoms. The van der Waals surface area contributed by atoms with Crippen molar-refractivity contribution in [3.05, 3.63) is 33.9 Å². The van der Waals surface area contributed by atoms with Gasteiger partial charge in [-0.3, -0.25) is 14.9 Å². The van der Waals surface area contributed by atoms with Gasteiger partial charge in [-0.2, -0.15) is 13.2 Å². The number of ether oxygens (including phenoxy) is 2. The summed E-state index contributed by atoms with van der Waals surface area (Å²) in [4.78, 5) is 21.5. The molecule has 0 aromatic heterocycles. The number of rotatable bonds is 4. The Balaban J connectivity index is 2.35. The van der Waals surface area contributed by atoms with Crippen molar-refractivity contribution in [3.63, 3.8) is 0 Å². The number of benzene rings is 1. The standard InChI is InChI=1S/C13H13F3N2O5/c1-22-12(19)11-9(4-5-17-11)23-10-6-7(18(20)21)2-3-8(10)13(14,15)16/h2-3,6,9,11,17H,4-5H2,1H3/t9-,11+/m1/s1. The van der Waals surface area contributed by atoms with E-state index >= 15 is 0 Å². The Bertz CT molecular complexity index is 620. The molecule has 1 N–H and O–H groups in total. The molecule has 7 nitrogen and oxygen atoms in total. The SMILES string of the molecule is COC(=O)[C@H]1NCC[C@H]1Oc1cc([N+](=O)[O-])ccc1C(F)(F)F. The number of carbonyl (C=O) groups is 1. The van der Waals surface area contributed by atoms with E-state index in [0.29, 0.717) is 18.7 Å². The molecule has 1 aliphatic rings. The lowest BCUT2D eigenvalue weighted by Crippen LogP contribution is -2.42. The van der Waals surface area contributed by atoms with Crippen LogP contribution in [0.3, 0.4) is 0 Å². The summed E-state index contributed by atoms with van der Waals surface area (Å²) in [5, 5.41) is 13.5. The Morgan fingerprint density at radius 2 is 2.13 bits per heavy atom. The minimum atomic E-state index is -4.74. The van der Waals surface area contributed by atoms with Crippen molar-refractivity contribution in [1.29, 1.82) is 0 Å². The third-order valence-corrected chi connectivity index (χ3v) is 3.38. The lowest BCUT2D eigenvalue weighted by Gasteiger charge is -2.21. The maximum Gasteiger partial charge on any atom is 0.419 e. The predicted octanol–water partition coefficient (Wildman–Crippen LogP) is 1.90. The quantitative estimate of drug-likeness (QED) is 0.514. The molecule has 1 aromatic rings. The Morgan fingerprint density at radius 3 is 2.70 bits per heavy atom. The van der Waals surface area contributed by atoms with Gasteiger partial charge in [0.2, 0.25) is 0 Å². The molecule has 0 spiro atoms. The number of alkyl halides is 3. The van der Waals surface area contributed by atoms with Crippen molar-refractivity contribution in [1.82, 2.24) is 5.32 Å². The number of nitro groups is 1. The Kier molecular flexibility index (Phi) is 4.73. The van der Waals surface area contributed by atoms with E-state index in [1.807, 2.05) is 0 Å². The van der Waals surface area contributed by atoms with Crippen LogP contribution in [0.25, 0.3) is 0 Å². The first kappa shape index (κ1) is 17.0. The monoisotopic (exact) mass is 334 g/mol. The number of esters is 1. The topological polar surface area (TPSA) is 90.7 Å². The summed E-state index contributed by atoms with van der Waals surface area (Å²) in [5.41, 5.74) is -1.67. The number of nitrogens with zero attached hydrogens (tertiary/aromatic N) is 1. The molecule has 1 aromatic carbocycles. The van der Waals surface area contributed by atoms with E-state index in [1.165, 1.54) is 0 Å². The van der Waals surface area contributed by atoms with Crippen molar-refractivity contribution < 1.29 is 32.4 Å². The van der Waals surface area contributed by atoms with Crippen LogP contribution < -0.4 is 10.1 Å². The van der Waals surface area contributed by atoms with Crippen molar-refractivity contribution in [2.45, 2.75) is 24.7 Å². The van der Waals surface area contributed by atoms with Crippen LogP contribution in [0.15, 0.2) is 18.2 Å². The van der Waals surface area contributed by atoms with E-state index < -0.39 is 46.2 Å². The van der Waals surface area contributed by atoms with Gasteiger partial charge in [-0.05, 0) is 19.0 Å². The first-order valence-corrected chi connectivity index (χ1v) is 6.57. The number of methoxy groups -OCH3 is 1. The van der Waals surface area contributed by atoms with Crippen LogP contribution in [-0.2, 0) is 15.7 Å².